The van der Waals surface area contributed by atoms with Gasteiger partial charge in [-0.2, -0.15) is 0 Å². The van der Waals surface area contributed by atoms with Gasteiger partial charge in [0.05, 0.1) is 5.56 Å². The first-order valence-corrected chi connectivity index (χ1v) is 13.6. The van der Waals surface area contributed by atoms with Crippen molar-refractivity contribution in [2.75, 3.05) is 10.2 Å². The monoisotopic (exact) mass is 503 g/mol. The van der Waals surface area contributed by atoms with Crippen molar-refractivity contribution in [3.8, 4) is 0 Å². The number of fused-ring (bicyclic) bond motifs is 2. The molecule has 2 saturated heterocycles. The summed E-state index contributed by atoms with van der Waals surface area (Å²) in [6, 6.07) is 8.19. The Morgan fingerprint density at radius 2 is 1.78 bits per heavy atom. The normalized spacial score (nSPS) is 23.4. The Morgan fingerprint density at radius 3 is 2.35 bits per heavy atom. The van der Waals surface area contributed by atoms with Crippen molar-refractivity contribution in [3.05, 3.63) is 52.7 Å². The van der Waals surface area contributed by atoms with Crippen LogP contribution in [0.15, 0.2) is 30.5 Å². The molecule has 1 unspecified atom stereocenters. The molecule has 8 heteroatoms. The molecular formula is C29H37N5O3. The molecule has 1 aromatic heterocycles. The number of carbonyl (C=O) groups excluding carboxylic acids is 3. The summed E-state index contributed by atoms with van der Waals surface area (Å²) in [5, 5.41) is 6.58. The lowest BCUT2D eigenvalue weighted by atomic mass is 9.95. The van der Waals surface area contributed by atoms with Crippen molar-refractivity contribution in [1.82, 2.24) is 10.3 Å². The molecule has 4 atom stereocenters. The number of aromatic nitrogens is 1. The number of aryl methyl sites for hydroxylation is 1. The van der Waals surface area contributed by atoms with Gasteiger partial charge in [0.25, 0.3) is 11.8 Å². The minimum atomic E-state index is -0.511. The number of hydrogen-bond acceptors (Lipinski definition) is 6. The van der Waals surface area contributed by atoms with Crippen LogP contribution in [-0.2, 0) is 0 Å². The standard InChI is InChI=1S/C29H37N5O3/c1-4-17(3)32-25-14-23(16(2)11-24(25)28(30)36)29(37)33-20-12-21-8-9-22(13-20)34(21)26-10-7-19(15-31-26)27(35)18-5-6-18/h7,10-11,14-15,17-18,20-22,32H,4-6,8-9,12-13H2,1-3H3,(H2,30,36)(H,33,37)/t17-,20?,21-,22+/m0/s1. The van der Waals surface area contributed by atoms with Crippen LogP contribution in [0.25, 0.3) is 0 Å². The Morgan fingerprint density at radius 1 is 1.08 bits per heavy atom. The number of pyridine rings is 1. The summed E-state index contributed by atoms with van der Waals surface area (Å²) in [6.45, 7) is 5.92. The maximum Gasteiger partial charge on any atom is 0.251 e. The van der Waals surface area contributed by atoms with Crippen molar-refractivity contribution in [2.45, 2.75) is 89.9 Å². The van der Waals surface area contributed by atoms with Crippen LogP contribution >= 0.6 is 0 Å². The largest absolute Gasteiger partial charge is 0.382 e. The zero-order valence-corrected chi connectivity index (χ0v) is 21.9. The van der Waals surface area contributed by atoms with Crippen LogP contribution < -0.4 is 21.3 Å². The molecule has 1 aromatic carbocycles. The van der Waals surface area contributed by atoms with Crippen LogP contribution in [0.2, 0.25) is 0 Å². The number of carbonyl (C=O) groups is 3. The molecule has 2 aliphatic heterocycles. The second-order valence-corrected chi connectivity index (χ2v) is 11.0. The maximum absolute atomic E-state index is 13.4. The van der Waals surface area contributed by atoms with Gasteiger partial charge < -0.3 is 21.3 Å². The lowest BCUT2D eigenvalue weighted by Gasteiger charge is -2.40. The third-order valence-electron chi connectivity index (χ3n) is 8.20. The van der Waals surface area contributed by atoms with E-state index >= 15 is 0 Å². The van der Waals surface area contributed by atoms with Crippen LogP contribution in [0.4, 0.5) is 11.5 Å². The summed E-state index contributed by atoms with van der Waals surface area (Å²) in [5.74, 6) is 0.692. The number of hydrogen-bond donors (Lipinski definition) is 3. The van der Waals surface area contributed by atoms with Gasteiger partial charge >= 0.3 is 0 Å². The van der Waals surface area contributed by atoms with Crippen LogP contribution in [-0.4, -0.2) is 46.7 Å². The van der Waals surface area contributed by atoms with Gasteiger partial charge in [0.15, 0.2) is 5.78 Å². The van der Waals surface area contributed by atoms with E-state index in [1.807, 2.05) is 26.0 Å². The number of ketones is 1. The summed E-state index contributed by atoms with van der Waals surface area (Å²) in [5.41, 5.74) is 8.60. The Kier molecular flexibility index (Phi) is 6.92. The molecule has 2 amide bonds. The molecule has 3 fully saturated rings. The van der Waals surface area contributed by atoms with Crippen LogP contribution in [0.5, 0.6) is 0 Å². The zero-order chi connectivity index (χ0) is 26.3. The molecule has 2 bridgehead atoms. The molecule has 5 rings (SSSR count). The second-order valence-electron chi connectivity index (χ2n) is 11.0. The smallest absolute Gasteiger partial charge is 0.251 e. The van der Waals surface area contributed by atoms with E-state index < -0.39 is 5.91 Å². The Hall–Kier alpha value is -3.42. The molecule has 2 aromatic rings. The predicted molar refractivity (Wildman–Crippen MR) is 144 cm³/mol. The average Bonchev–Trinajstić information content (AvgIpc) is 3.69. The number of piperidine rings is 1. The number of nitrogens with one attached hydrogen (secondary N) is 2. The van der Waals surface area contributed by atoms with Gasteiger partial charge in [-0.25, -0.2) is 4.98 Å². The van der Waals surface area contributed by atoms with Crippen molar-refractivity contribution in [1.29, 1.82) is 0 Å². The van der Waals surface area contributed by atoms with Crippen LogP contribution in [0.3, 0.4) is 0 Å². The van der Waals surface area contributed by atoms with Gasteiger partial charge in [0.2, 0.25) is 0 Å². The summed E-state index contributed by atoms with van der Waals surface area (Å²) in [4.78, 5) is 44.7. The lowest BCUT2D eigenvalue weighted by Crippen LogP contribution is -2.50. The first-order valence-electron chi connectivity index (χ1n) is 13.6. The van der Waals surface area contributed by atoms with E-state index in [1.165, 1.54) is 0 Å². The van der Waals surface area contributed by atoms with Gasteiger partial charge in [-0.05, 0) is 88.6 Å². The summed E-state index contributed by atoms with van der Waals surface area (Å²) in [6.07, 6.45) is 8.43. The fraction of sp³-hybridized carbons (Fsp3) is 0.517. The number of rotatable bonds is 9. The van der Waals surface area contributed by atoms with Gasteiger partial charge in [-0.15, -0.1) is 0 Å². The lowest BCUT2D eigenvalue weighted by molar-refractivity contribution is 0.0923. The highest BCUT2D eigenvalue weighted by Gasteiger charge is 2.42. The summed E-state index contributed by atoms with van der Waals surface area (Å²) < 4.78 is 0. The minimum Gasteiger partial charge on any atom is -0.382 e. The van der Waals surface area contributed by atoms with Crippen LogP contribution in [0.1, 0.15) is 95.4 Å². The van der Waals surface area contributed by atoms with Gasteiger partial charge in [0.1, 0.15) is 5.82 Å². The van der Waals surface area contributed by atoms with Gasteiger partial charge in [0, 0.05) is 53.1 Å². The van der Waals surface area contributed by atoms with E-state index in [1.54, 1.807) is 18.3 Å². The number of nitrogens with zero attached hydrogens (tertiary/aromatic N) is 2. The van der Waals surface area contributed by atoms with Crippen LogP contribution in [0, 0.1) is 12.8 Å². The highest BCUT2D eigenvalue weighted by molar-refractivity contribution is 6.03. The number of Topliss-reactive ketones (excluding diaryl/α,β-unsaturated/α-hetero) is 1. The third-order valence-corrected chi connectivity index (χ3v) is 8.20. The highest BCUT2D eigenvalue weighted by Crippen LogP contribution is 2.39. The average molecular weight is 504 g/mol. The number of anilines is 2. The SMILES string of the molecule is CC[C@H](C)Nc1cc(C(=O)NC2C[C@H]3CC[C@@H](C2)N3c2ccc(C(=O)C3CC3)cn2)c(C)cc1C(N)=O. The molecule has 4 N–H and O–H groups in total. The zero-order valence-electron chi connectivity index (χ0n) is 21.9. The Labute approximate surface area is 218 Å². The molecule has 8 nitrogen and oxygen atoms in total. The fourth-order valence-corrected chi connectivity index (χ4v) is 5.84. The van der Waals surface area contributed by atoms with E-state index in [9.17, 15) is 14.4 Å². The molecule has 0 spiro atoms. The number of benzene rings is 1. The summed E-state index contributed by atoms with van der Waals surface area (Å²) >= 11 is 0. The molecule has 1 saturated carbocycles. The Balaban J connectivity index is 1.27. The van der Waals surface area contributed by atoms with E-state index in [-0.39, 0.29) is 29.7 Å². The molecule has 0 radical (unpaired) electrons. The molecule has 37 heavy (non-hydrogen) atoms. The van der Waals surface area contributed by atoms with E-state index in [0.29, 0.717) is 34.5 Å². The van der Waals surface area contributed by atoms with Crippen molar-refractivity contribution in [2.24, 2.45) is 11.7 Å². The number of amides is 2. The van der Waals surface area contributed by atoms with Crippen molar-refractivity contribution in [3.63, 3.8) is 0 Å². The first kappa shape index (κ1) is 25.2. The maximum atomic E-state index is 13.4. The molecule has 1 aliphatic carbocycles. The third kappa shape index (κ3) is 5.20. The predicted octanol–water partition coefficient (Wildman–Crippen LogP) is 4.22. The van der Waals surface area contributed by atoms with Gasteiger partial charge in [-0.3, -0.25) is 14.4 Å². The van der Waals surface area contributed by atoms with E-state index in [2.05, 4.69) is 27.4 Å². The topological polar surface area (TPSA) is 117 Å². The first-order chi connectivity index (χ1) is 17.7. The number of primary amides is 1. The number of nitrogens with two attached hydrogens (primary N) is 1. The van der Waals surface area contributed by atoms with E-state index in [0.717, 1.165) is 56.3 Å². The van der Waals surface area contributed by atoms with E-state index in [4.69, 9.17) is 5.73 Å². The second kappa shape index (κ2) is 10.1. The molecule has 196 valence electrons. The molecule has 3 aliphatic rings. The quantitative estimate of drug-likeness (QED) is 0.441. The molecular weight excluding hydrogens is 466 g/mol. The summed E-state index contributed by atoms with van der Waals surface area (Å²) in [7, 11) is 0. The van der Waals surface area contributed by atoms with Crippen molar-refractivity contribution < 1.29 is 14.4 Å². The fourth-order valence-electron chi connectivity index (χ4n) is 5.84. The molecule has 3 heterocycles. The van der Waals surface area contributed by atoms with Crippen molar-refractivity contribution >= 4 is 29.1 Å². The minimum absolute atomic E-state index is 0.0677. The Bertz CT molecular complexity index is 1190. The van der Waals surface area contributed by atoms with Gasteiger partial charge in [-0.1, -0.05) is 6.92 Å². The highest BCUT2D eigenvalue weighted by atomic mass is 16.2.